The van der Waals surface area contributed by atoms with E-state index in [1.54, 1.807) is 0 Å². The van der Waals surface area contributed by atoms with Gasteiger partial charge in [0.05, 0.1) is 0 Å². The first-order valence-electron chi connectivity index (χ1n) is 8.66. The largest absolute Gasteiger partial charge is 0.416 e. The maximum Gasteiger partial charge on any atom is 0.317 e. The van der Waals surface area contributed by atoms with Crippen molar-refractivity contribution in [1.29, 1.82) is 0 Å². The SMILES string of the molecule is Cc1ccc(CC[Si]2(C)O[Si](C)(C)O[Si](C)(C)O[Si](C)(C)O2)cc1. The van der Waals surface area contributed by atoms with E-state index in [0.29, 0.717) is 0 Å². The third-order valence-corrected chi connectivity index (χ3v) is 20.3. The highest BCUT2D eigenvalue weighted by Gasteiger charge is 2.52. The quantitative estimate of drug-likeness (QED) is 0.683. The predicted molar refractivity (Wildman–Crippen MR) is 108 cm³/mol. The average molecular weight is 401 g/mol. The molecule has 1 aromatic carbocycles. The van der Waals surface area contributed by atoms with Crippen LogP contribution >= 0.6 is 0 Å². The molecule has 0 unspecified atom stereocenters. The monoisotopic (exact) mass is 400 g/mol. The van der Waals surface area contributed by atoms with Crippen molar-refractivity contribution in [2.75, 3.05) is 0 Å². The molecule has 0 saturated carbocycles. The molecule has 2 rings (SSSR count). The molecule has 0 bridgehead atoms. The summed E-state index contributed by atoms with van der Waals surface area (Å²) in [5, 5.41) is 0. The molecular formula is C16H32O4Si4. The molecule has 8 heteroatoms. The van der Waals surface area contributed by atoms with Gasteiger partial charge < -0.3 is 16.5 Å². The van der Waals surface area contributed by atoms with E-state index in [4.69, 9.17) is 16.5 Å². The molecule has 136 valence electrons. The number of aryl methyl sites for hydroxylation is 2. The number of rotatable bonds is 3. The van der Waals surface area contributed by atoms with E-state index in [-0.39, 0.29) is 0 Å². The maximum absolute atomic E-state index is 6.61. The van der Waals surface area contributed by atoms with Gasteiger partial charge in [0.15, 0.2) is 0 Å². The van der Waals surface area contributed by atoms with E-state index in [1.807, 2.05) is 0 Å². The molecule has 0 amide bonds. The van der Waals surface area contributed by atoms with Crippen LogP contribution in [0, 0.1) is 6.92 Å². The lowest BCUT2D eigenvalue weighted by atomic mass is 10.1. The van der Waals surface area contributed by atoms with Crippen molar-refractivity contribution < 1.29 is 16.5 Å². The molecule has 1 fully saturated rings. The molecule has 0 atom stereocenters. The van der Waals surface area contributed by atoms with Gasteiger partial charge in [0.2, 0.25) is 0 Å². The first-order chi connectivity index (χ1) is 10.8. The highest BCUT2D eigenvalue weighted by Crippen LogP contribution is 2.33. The molecule has 24 heavy (non-hydrogen) atoms. The first kappa shape index (κ1) is 20.2. The highest BCUT2D eigenvalue weighted by molar-refractivity contribution is 6.93. The van der Waals surface area contributed by atoms with Crippen LogP contribution in [0.1, 0.15) is 11.1 Å². The lowest BCUT2D eigenvalue weighted by Crippen LogP contribution is -2.65. The second-order valence-corrected chi connectivity index (χ2v) is 22.7. The van der Waals surface area contributed by atoms with Crippen molar-refractivity contribution in [2.24, 2.45) is 0 Å². The van der Waals surface area contributed by atoms with Crippen LogP contribution in [0.4, 0.5) is 0 Å². The predicted octanol–water partition coefficient (Wildman–Crippen LogP) is 4.79. The smallest absolute Gasteiger partial charge is 0.317 e. The average Bonchev–Trinajstić information content (AvgIpc) is 2.32. The Morgan fingerprint density at radius 2 is 1.08 bits per heavy atom. The Morgan fingerprint density at radius 1 is 0.667 bits per heavy atom. The summed E-state index contributed by atoms with van der Waals surface area (Å²) in [6.07, 6.45) is 0.971. The standard InChI is InChI=1S/C16H32O4Si4/c1-15-9-11-16(12-10-15)13-14-24(8)19-22(4,5)17-21(2,3)18-23(6,7)20-24/h9-12H,13-14H2,1-8H3. The van der Waals surface area contributed by atoms with Crippen LogP contribution in [0.2, 0.25) is 51.9 Å². The fourth-order valence-corrected chi connectivity index (χ4v) is 25.1. The summed E-state index contributed by atoms with van der Waals surface area (Å²) in [4.78, 5) is 0. The van der Waals surface area contributed by atoms with Crippen LogP contribution in [0.3, 0.4) is 0 Å². The maximum atomic E-state index is 6.61. The molecule has 1 aliphatic heterocycles. The topological polar surface area (TPSA) is 36.9 Å². The van der Waals surface area contributed by atoms with Gasteiger partial charge in [0.25, 0.3) is 0 Å². The minimum atomic E-state index is -2.35. The molecule has 0 aliphatic carbocycles. The highest BCUT2D eigenvalue weighted by atomic mass is 28.5. The van der Waals surface area contributed by atoms with Gasteiger partial charge in [-0.2, -0.15) is 0 Å². The molecule has 1 heterocycles. The van der Waals surface area contributed by atoms with Gasteiger partial charge in [-0.25, -0.2) is 0 Å². The molecule has 4 nitrogen and oxygen atoms in total. The van der Waals surface area contributed by atoms with Crippen LogP contribution in [0.5, 0.6) is 0 Å². The number of hydrogen-bond donors (Lipinski definition) is 0. The second kappa shape index (κ2) is 6.91. The summed E-state index contributed by atoms with van der Waals surface area (Å²) in [7, 11) is -9.07. The van der Waals surface area contributed by atoms with Gasteiger partial charge in [-0.3, -0.25) is 0 Å². The van der Waals surface area contributed by atoms with Crippen LogP contribution < -0.4 is 0 Å². The Labute approximate surface area is 151 Å². The number of hydrogen-bond acceptors (Lipinski definition) is 4. The Hall–Kier alpha value is -0.0725. The third-order valence-electron chi connectivity index (χ3n) is 3.89. The Morgan fingerprint density at radius 3 is 1.54 bits per heavy atom. The summed E-state index contributed by atoms with van der Waals surface area (Å²) >= 11 is 0. The van der Waals surface area contributed by atoms with Crippen molar-refractivity contribution in [1.82, 2.24) is 0 Å². The van der Waals surface area contributed by atoms with Crippen LogP contribution in [-0.2, 0) is 22.9 Å². The summed E-state index contributed by atoms with van der Waals surface area (Å²) in [5.41, 5.74) is 2.62. The van der Waals surface area contributed by atoms with E-state index in [1.165, 1.54) is 11.1 Å². The van der Waals surface area contributed by atoms with E-state index in [2.05, 4.69) is 77.0 Å². The molecule has 0 spiro atoms. The van der Waals surface area contributed by atoms with Crippen molar-refractivity contribution in [3.05, 3.63) is 35.4 Å². The summed E-state index contributed by atoms with van der Waals surface area (Å²) < 4.78 is 26.0. The summed E-state index contributed by atoms with van der Waals surface area (Å²) in [5.74, 6) is 0. The molecule has 1 saturated heterocycles. The molecule has 0 radical (unpaired) electrons. The number of benzene rings is 1. The van der Waals surface area contributed by atoms with Crippen molar-refractivity contribution in [2.45, 2.75) is 65.2 Å². The molecular weight excluding hydrogens is 369 g/mol. The van der Waals surface area contributed by atoms with E-state index >= 15 is 0 Å². The van der Waals surface area contributed by atoms with Gasteiger partial charge >= 0.3 is 34.2 Å². The van der Waals surface area contributed by atoms with E-state index in [9.17, 15) is 0 Å². The summed E-state index contributed by atoms with van der Waals surface area (Å²) in [6.45, 7) is 17.0. The zero-order chi connectivity index (χ0) is 18.2. The fraction of sp³-hybridized carbons (Fsp3) is 0.625. The zero-order valence-corrected chi connectivity index (χ0v) is 20.4. The van der Waals surface area contributed by atoms with Crippen molar-refractivity contribution in [3.8, 4) is 0 Å². The minimum absolute atomic E-state index is 0.928. The lowest BCUT2D eigenvalue weighted by molar-refractivity contribution is 0.234. The third kappa shape index (κ3) is 6.02. The zero-order valence-electron chi connectivity index (χ0n) is 16.4. The van der Waals surface area contributed by atoms with Gasteiger partial charge in [-0.15, -0.1) is 0 Å². The van der Waals surface area contributed by atoms with Crippen molar-refractivity contribution in [3.63, 3.8) is 0 Å². The molecule has 0 N–H and O–H groups in total. The van der Waals surface area contributed by atoms with Crippen LogP contribution in [-0.4, -0.2) is 34.2 Å². The van der Waals surface area contributed by atoms with Crippen molar-refractivity contribution >= 4 is 34.2 Å². The Bertz CT molecular complexity index is 550. The van der Waals surface area contributed by atoms with Gasteiger partial charge in [-0.05, 0) is 70.8 Å². The molecule has 1 aliphatic rings. The van der Waals surface area contributed by atoms with Crippen LogP contribution in [0.25, 0.3) is 0 Å². The summed E-state index contributed by atoms with van der Waals surface area (Å²) in [6, 6.07) is 9.65. The Kier molecular flexibility index (Phi) is 5.83. The van der Waals surface area contributed by atoms with Gasteiger partial charge in [-0.1, -0.05) is 29.8 Å². The van der Waals surface area contributed by atoms with Gasteiger partial charge in [0.1, 0.15) is 0 Å². The van der Waals surface area contributed by atoms with E-state index < -0.39 is 34.2 Å². The van der Waals surface area contributed by atoms with E-state index in [0.717, 1.165) is 12.5 Å². The van der Waals surface area contributed by atoms with Gasteiger partial charge in [0, 0.05) is 0 Å². The Balaban J connectivity index is 2.17. The second-order valence-electron chi connectivity index (χ2n) is 8.23. The minimum Gasteiger partial charge on any atom is -0.416 e. The fourth-order valence-electron chi connectivity index (χ4n) is 3.54. The lowest BCUT2D eigenvalue weighted by Gasteiger charge is -2.47. The molecule has 0 aromatic heterocycles. The van der Waals surface area contributed by atoms with Crippen LogP contribution in [0.15, 0.2) is 24.3 Å². The first-order valence-corrected chi connectivity index (χ1v) is 19.6. The normalized spacial score (nSPS) is 24.8. The molecule has 1 aromatic rings.